The topological polar surface area (TPSA) is 89.6 Å². The van der Waals surface area contributed by atoms with E-state index in [1.807, 2.05) is 19.2 Å². The van der Waals surface area contributed by atoms with Gasteiger partial charge in [-0.15, -0.1) is 10.2 Å². The highest BCUT2D eigenvalue weighted by molar-refractivity contribution is 8.02. The lowest BCUT2D eigenvalue weighted by molar-refractivity contribution is 0.952. The molecule has 0 amide bonds. The van der Waals surface area contributed by atoms with E-state index in [1.165, 1.54) is 23.1 Å². The van der Waals surface area contributed by atoms with Gasteiger partial charge < -0.3 is 11.1 Å². The van der Waals surface area contributed by atoms with Crippen molar-refractivity contribution in [2.45, 2.75) is 20.6 Å². The number of anilines is 2. The molecule has 0 aromatic carbocycles. The first-order valence-electron chi connectivity index (χ1n) is 5.15. The van der Waals surface area contributed by atoms with Gasteiger partial charge in [0, 0.05) is 12.6 Å². The second-order valence-electron chi connectivity index (χ2n) is 3.12. The van der Waals surface area contributed by atoms with E-state index >= 15 is 0 Å². The van der Waals surface area contributed by atoms with Crippen molar-refractivity contribution in [1.29, 1.82) is 0 Å². The molecule has 2 rings (SSSR count). The van der Waals surface area contributed by atoms with Gasteiger partial charge in [-0.25, -0.2) is 4.98 Å². The molecule has 0 bridgehead atoms. The summed E-state index contributed by atoms with van der Waals surface area (Å²) in [5, 5.41) is 12.0. The number of nitrogen functional groups attached to an aromatic ring is 1. The van der Waals surface area contributed by atoms with E-state index in [0.29, 0.717) is 0 Å². The normalized spacial score (nSPS) is 10.6. The van der Waals surface area contributed by atoms with Crippen LogP contribution in [0.5, 0.6) is 0 Å². The van der Waals surface area contributed by atoms with Crippen molar-refractivity contribution < 1.29 is 0 Å². The molecule has 2 aromatic rings. The standard InChI is InChI=1S/C9H12N6S3/c1-3-11-5-4-6(13-7(10)12-5)17-9-15-14-8(16-2)18-9/h4H,3H2,1-2H3,(H3,10,11,12,13). The van der Waals surface area contributed by atoms with Gasteiger partial charge in [0.15, 0.2) is 8.68 Å². The Kier molecular flexibility index (Phi) is 4.61. The molecular weight excluding hydrogens is 288 g/mol. The first-order chi connectivity index (χ1) is 8.71. The maximum Gasteiger partial charge on any atom is 0.223 e. The van der Waals surface area contributed by atoms with Crippen molar-refractivity contribution in [3.63, 3.8) is 0 Å². The maximum atomic E-state index is 5.66. The molecule has 2 aromatic heterocycles. The third kappa shape index (κ3) is 3.47. The van der Waals surface area contributed by atoms with Gasteiger partial charge in [0.1, 0.15) is 10.8 Å². The van der Waals surface area contributed by atoms with Gasteiger partial charge in [0.2, 0.25) is 5.95 Å². The molecule has 0 radical (unpaired) electrons. The second-order valence-corrected chi connectivity index (χ2v) is 6.42. The van der Waals surface area contributed by atoms with Crippen LogP contribution in [0.2, 0.25) is 0 Å². The summed E-state index contributed by atoms with van der Waals surface area (Å²) in [4.78, 5) is 8.26. The molecule has 2 heterocycles. The molecule has 0 spiro atoms. The smallest absolute Gasteiger partial charge is 0.223 e. The number of thioether (sulfide) groups is 1. The summed E-state index contributed by atoms with van der Waals surface area (Å²) < 4.78 is 1.78. The molecule has 96 valence electrons. The third-order valence-electron chi connectivity index (χ3n) is 1.83. The average molecular weight is 300 g/mol. The molecule has 0 aliphatic heterocycles. The molecule has 0 saturated heterocycles. The Morgan fingerprint density at radius 3 is 2.78 bits per heavy atom. The molecule has 0 unspecified atom stereocenters. The van der Waals surface area contributed by atoms with Crippen LogP contribution in [0.25, 0.3) is 0 Å². The van der Waals surface area contributed by atoms with Gasteiger partial charge in [-0.05, 0) is 24.9 Å². The van der Waals surface area contributed by atoms with Crippen molar-refractivity contribution in [1.82, 2.24) is 20.2 Å². The van der Waals surface area contributed by atoms with Crippen molar-refractivity contribution in [3.05, 3.63) is 6.07 Å². The van der Waals surface area contributed by atoms with E-state index in [4.69, 9.17) is 5.73 Å². The van der Waals surface area contributed by atoms with Gasteiger partial charge in [0.05, 0.1) is 0 Å². The van der Waals surface area contributed by atoms with Crippen molar-refractivity contribution in [2.24, 2.45) is 0 Å². The number of rotatable bonds is 5. The quantitative estimate of drug-likeness (QED) is 0.641. The number of nitrogens with zero attached hydrogens (tertiary/aromatic N) is 4. The summed E-state index contributed by atoms with van der Waals surface area (Å²) in [7, 11) is 0. The van der Waals surface area contributed by atoms with Gasteiger partial charge in [-0.3, -0.25) is 0 Å². The number of aromatic nitrogens is 4. The number of hydrogen-bond acceptors (Lipinski definition) is 9. The lowest BCUT2D eigenvalue weighted by Crippen LogP contribution is -2.03. The minimum absolute atomic E-state index is 0.255. The lowest BCUT2D eigenvalue weighted by Gasteiger charge is -2.04. The predicted molar refractivity (Wildman–Crippen MR) is 76.4 cm³/mol. The zero-order valence-electron chi connectivity index (χ0n) is 9.88. The Morgan fingerprint density at radius 2 is 2.11 bits per heavy atom. The molecule has 0 saturated carbocycles. The van der Waals surface area contributed by atoms with Gasteiger partial charge in [0.25, 0.3) is 0 Å². The van der Waals surface area contributed by atoms with E-state index in [-0.39, 0.29) is 5.95 Å². The fourth-order valence-electron chi connectivity index (χ4n) is 1.18. The van der Waals surface area contributed by atoms with Crippen LogP contribution in [-0.4, -0.2) is 33.0 Å². The summed E-state index contributed by atoms with van der Waals surface area (Å²) in [6.07, 6.45) is 1.97. The molecule has 9 heteroatoms. The Labute approximate surface area is 117 Å². The molecule has 0 aliphatic carbocycles. The van der Waals surface area contributed by atoms with Crippen LogP contribution in [0.3, 0.4) is 0 Å². The van der Waals surface area contributed by atoms with Crippen LogP contribution in [0, 0.1) is 0 Å². The zero-order valence-corrected chi connectivity index (χ0v) is 12.3. The van der Waals surface area contributed by atoms with Crippen LogP contribution in [0.4, 0.5) is 11.8 Å². The third-order valence-corrected chi connectivity index (χ3v) is 4.70. The van der Waals surface area contributed by atoms with Crippen LogP contribution in [-0.2, 0) is 0 Å². The first-order valence-corrected chi connectivity index (χ1v) is 8.00. The summed E-state index contributed by atoms with van der Waals surface area (Å²) in [5.41, 5.74) is 5.66. The van der Waals surface area contributed by atoms with E-state index < -0.39 is 0 Å². The summed E-state index contributed by atoms with van der Waals surface area (Å²) in [6.45, 7) is 2.79. The number of nitrogens with one attached hydrogen (secondary N) is 1. The monoisotopic (exact) mass is 300 g/mol. The van der Waals surface area contributed by atoms with E-state index in [1.54, 1.807) is 11.8 Å². The van der Waals surface area contributed by atoms with Crippen LogP contribution in [0.1, 0.15) is 6.92 Å². The maximum absolute atomic E-state index is 5.66. The fraction of sp³-hybridized carbons (Fsp3) is 0.333. The molecule has 3 N–H and O–H groups in total. The van der Waals surface area contributed by atoms with Gasteiger partial charge in [-0.2, -0.15) is 4.98 Å². The minimum Gasteiger partial charge on any atom is -0.370 e. The predicted octanol–water partition coefficient (Wildman–Crippen LogP) is 2.22. The SMILES string of the molecule is CCNc1cc(Sc2nnc(SC)s2)nc(N)n1. The van der Waals surface area contributed by atoms with E-state index in [2.05, 4.69) is 25.5 Å². The zero-order chi connectivity index (χ0) is 13.0. The highest BCUT2D eigenvalue weighted by atomic mass is 32.2. The van der Waals surface area contributed by atoms with Crippen LogP contribution in [0.15, 0.2) is 19.8 Å². The van der Waals surface area contributed by atoms with E-state index in [9.17, 15) is 0 Å². The Balaban J connectivity index is 2.17. The Bertz CT molecular complexity index is 529. The molecule has 0 fully saturated rings. The van der Waals surface area contributed by atoms with E-state index in [0.717, 1.165) is 26.1 Å². The van der Waals surface area contributed by atoms with Crippen LogP contribution >= 0.6 is 34.9 Å². The summed E-state index contributed by atoms with van der Waals surface area (Å²) in [5.74, 6) is 0.979. The second kappa shape index (κ2) is 6.21. The summed E-state index contributed by atoms with van der Waals surface area (Å²) >= 11 is 4.55. The van der Waals surface area contributed by atoms with Crippen LogP contribution < -0.4 is 11.1 Å². The fourth-order valence-corrected chi connectivity index (χ4v) is 3.57. The van der Waals surface area contributed by atoms with Crippen molar-refractivity contribution >= 4 is 46.6 Å². The molecule has 6 nitrogen and oxygen atoms in total. The first kappa shape index (κ1) is 13.4. The number of nitrogens with two attached hydrogens (primary N) is 1. The largest absolute Gasteiger partial charge is 0.370 e. The Hall–Kier alpha value is -1.06. The lowest BCUT2D eigenvalue weighted by atomic mass is 10.5. The van der Waals surface area contributed by atoms with Crippen molar-refractivity contribution in [2.75, 3.05) is 23.9 Å². The summed E-state index contributed by atoms with van der Waals surface area (Å²) in [6, 6.07) is 1.85. The molecule has 0 atom stereocenters. The van der Waals surface area contributed by atoms with Crippen molar-refractivity contribution in [3.8, 4) is 0 Å². The average Bonchev–Trinajstić information content (AvgIpc) is 2.76. The molecule has 0 aliphatic rings. The highest BCUT2D eigenvalue weighted by Gasteiger charge is 2.08. The number of hydrogen-bond donors (Lipinski definition) is 2. The molecular formula is C9H12N6S3. The molecule has 18 heavy (non-hydrogen) atoms. The minimum atomic E-state index is 0.255. The van der Waals surface area contributed by atoms with Gasteiger partial charge >= 0.3 is 0 Å². The van der Waals surface area contributed by atoms with Gasteiger partial charge in [-0.1, -0.05) is 23.1 Å². The highest BCUT2D eigenvalue weighted by Crippen LogP contribution is 2.32. The Morgan fingerprint density at radius 1 is 1.33 bits per heavy atom.